The number of esters is 1. The van der Waals surface area contributed by atoms with E-state index in [1.54, 1.807) is 13.8 Å². The van der Waals surface area contributed by atoms with Crippen molar-refractivity contribution in [1.82, 2.24) is 4.98 Å². The Morgan fingerprint density at radius 1 is 1.19 bits per heavy atom. The average Bonchev–Trinajstić information content (AvgIpc) is 3.07. The maximum atomic E-state index is 17.2. The second-order valence-corrected chi connectivity index (χ2v) is 11.5. The second kappa shape index (κ2) is 8.36. The first-order valence-electron chi connectivity index (χ1n) is 12.6. The van der Waals surface area contributed by atoms with Crippen LogP contribution in [0, 0.1) is 28.6 Å². The highest BCUT2D eigenvalue weighted by Crippen LogP contribution is 2.70. The number of carbonyl (C=O) groups excluding carboxylic acids is 3. The van der Waals surface area contributed by atoms with Crippen LogP contribution >= 0.6 is 0 Å². The molecule has 0 aliphatic heterocycles. The van der Waals surface area contributed by atoms with Gasteiger partial charge in [0.1, 0.15) is 11.8 Å². The van der Waals surface area contributed by atoms with E-state index in [2.05, 4.69) is 4.98 Å². The van der Waals surface area contributed by atoms with E-state index < -0.39 is 76.3 Å². The van der Waals surface area contributed by atoms with E-state index in [1.807, 2.05) is 0 Å². The molecule has 37 heavy (non-hydrogen) atoms. The minimum Gasteiger partial charge on any atom is -0.454 e. The number of pyridine rings is 1. The van der Waals surface area contributed by atoms with Crippen LogP contribution in [0.25, 0.3) is 0 Å². The number of Topliss-reactive ketones (excluding diaryl/α,β-unsaturated/α-hetero) is 1. The van der Waals surface area contributed by atoms with Gasteiger partial charge in [-0.2, -0.15) is 0 Å². The fourth-order valence-corrected chi connectivity index (χ4v) is 7.95. The molecule has 0 amide bonds. The number of rotatable bonds is 4. The Morgan fingerprint density at radius 2 is 1.86 bits per heavy atom. The normalized spacial score (nSPS) is 44.4. The van der Waals surface area contributed by atoms with Gasteiger partial charge in [-0.25, -0.2) is 13.6 Å². The zero-order chi connectivity index (χ0) is 27.0. The summed E-state index contributed by atoms with van der Waals surface area (Å²) in [6.45, 7) is 4.10. The standard InChI is InChI=1S/C28H31F2NO6/c1-15-10-18-19-12-21(29)20-11-17(32)4-7-25(20,2)27(19,30)22(33)13-26(18,3)28(15,36)23(34)14-37-24(35)16-5-8-31-9-6-16/h4-9,11,15,18-19,21-22,33,36H,10,12-14H2,1-3H3/t15-,18+,19+,21+,22+,25+,26+,27?,28+/m1/s1. The van der Waals surface area contributed by atoms with Gasteiger partial charge in [-0.15, -0.1) is 0 Å². The smallest absolute Gasteiger partial charge is 0.338 e. The molecule has 7 nitrogen and oxygen atoms in total. The Balaban J connectivity index is 1.47. The number of aromatic nitrogens is 1. The van der Waals surface area contributed by atoms with E-state index in [0.717, 1.165) is 6.08 Å². The lowest BCUT2D eigenvalue weighted by Gasteiger charge is -2.63. The van der Waals surface area contributed by atoms with Crippen molar-refractivity contribution < 1.29 is 38.1 Å². The number of hydrogen-bond acceptors (Lipinski definition) is 7. The molecule has 9 atom stereocenters. The van der Waals surface area contributed by atoms with Crippen LogP contribution in [0.15, 0.2) is 48.3 Å². The van der Waals surface area contributed by atoms with Gasteiger partial charge in [-0.3, -0.25) is 14.6 Å². The van der Waals surface area contributed by atoms with Gasteiger partial charge >= 0.3 is 5.97 Å². The predicted octanol–water partition coefficient (Wildman–Crippen LogP) is 3.10. The SMILES string of the molecule is C[C@@H]1C[C@H]2[C@@H]3C[C@H](F)C4=CC(=O)C=C[C@]4(C)C3(F)[C@@H](O)C[C@]2(C)[C@@]1(O)C(=O)COC(=O)c1ccncc1. The van der Waals surface area contributed by atoms with E-state index in [4.69, 9.17) is 4.74 Å². The van der Waals surface area contributed by atoms with Gasteiger partial charge in [0.2, 0.25) is 5.78 Å². The number of alkyl halides is 2. The van der Waals surface area contributed by atoms with E-state index in [1.165, 1.54) is 43.6 Å². The molecule has 1 heterocycles. The molecule has 0 radical (unpaired) electrons. The lowest BCUT2D eigenvalue weighted by molar-refractivity contribution is -0.223. The fourth-order valence-electron chi connectivity index (χ4n) is 7.95. The average molecular weight is 516 g/mol. The van der Waals surface area contributed by atoms with E-state index >= 15 is 8.78 Å². The monoisotopic (exact) mass is 515 g/mol. The van der Waals surface area contributed by atoms with Crippen LogP contribution in [0.3, 0.4) is 0 Å². The number of hydrogen-bond donors (Lipinski definition) is 2. The molecule has 1 aromatic rings. The number of aliphatic hydroxyl groups is 2. The molecule has 3 saturated carbocycles. The molecule has 9 heteroatoms. The summed E-state index contributed by atoms with van der Waals surface area (Å²) in [6.07, 6.45) is 2.94. The van der Waals surface area contributed by atoms with Gasteiger partial charge in [-0.05, 0) is 67.9 Å². The third-order valence-corrected chi connectivity index (χ3v) is 9.89. The maximum absolute atomic E-state index is 17.2. The van der Waals surface area contributed by atoms with Gasteiger partial charge in [0.05, 0.1) is 11.7 Å². The number of ether oxygens (including phenoxy) is 1. The molecule has 0 aromatic carbocycles. The Morgan fingerprint density at radius 3 is 2.54 bits per heavy atom. The maximum Gasteiger partial charge on any atom is 0.338 e. The summed E-state index contributed by atoms with van der Waals surface area (Å²) < 4.78 is 37.9. The van der Waals surface area contributed by atoms with Crippen LogP contribution < -0.4 is 0 Å². The van der Waals surface area contributed by atoms with Crippen molar-refractivity contribution in [3.8, 4) is 0 Å². The summed E-state index contributed by atoms with van der Waals surface area (Å²) in [7, 11) is 0. The third kappa shape index (κ3) is 3.29. The Bertz CT molecular complexity index is 1220. The van der Waals surface area contributed by atoms with Crippen molar-refractivity contribution in [2.24, 2.45) is 28.6 Å². The number of aliphatic hydroxyl groups excluding tert-OH is 1. The largest absolute Gasteiger partial charge is 0.454 e. The van der Waals surface area contributed by atoms with Gasteiger partial charge in [0.15, 0.2) is 18.1 Å². The molecule has 3 fully saturated rings. The van der Waals surface area contributed by atoms with Gasteiger partial charge < -0.3 is 14.9 Å². The van der Waals surface area contributed by atoms with Crippen molar-refractivity contribution in [2.45, 2.75) is 63.6 Å². The quantitative estimate of drug-likeness (QED) is 0.593. The number of nitrogens with zero attached hydrogens (tertiary/aromatic N) is 1. The fraction of sp³-hybridized carbons (Fsp3) is 0.571. The van der Waals surface area contributed by atoms with Crippen LogP contribution in [-0.4, -0.2) is 62.9 Å². The van der Waals surface area contributed by atoms with E-state index in [0.29, 0.717) is 0 Å². The predicted molar refractivity (Wildman–Crippen MR) is 128 cm³/mol. The first-order valence-corrected chi connectivity index (χ1v) is 12.6. The highest BCUT2D eigenvalue weighted by Gasteiger charge is 2.76. The Labute approximate surface area is 213 Å². The minimum absolute atomic E-state index is 0.0156. The number of carbonyl (C=O) groups is 3. The Kier molecular flexibility index (Phi) is 5.84. The van der Waals surface area contributed by atoms with Crippen LogP contribution in [0.1, 0.15) is 50.4 Å². The van der Waals surface area contributed by atoms with Gasteiger partial charge in [-0.1, -0.05) is 19.9 Å². The van der Waals surface area contributed by atoms with Crippen molar-refractivity contribution >= 4 is 17.5 Å². The molecular weight excluding hydrogens is 484 g/mol. The zero-order valence-electron chi connectivity index (χ0n) is 21.0. The molecule has 4 aliphatic carbocycles. The summed E-state index contributed by atoms with van der Waals surface area (Å²) in [5.41, 5.74) is -6.96. The van der Waals surface area contributed by atoms with E-state index in [-0.39, 0.29) is 30.4 Å². The molecule has 5 rings (SSSR count). The number of ketones is 2. The summed E-state index contributed by atoms with van der Waals surface area (Å²) in [5, 5.41) is 23.2. The van der Waals surface area contributed by atoms with Crippen LogP contribution in [0.5, 0.6) is 0 Å². The van der Waals surface area contributed by atoms with Crippen molar-refractivity contribution in [3.63, 3.8) is 0 Å². The highest BCUT2D eigenvalue weighted by atomic mass is 19.1. The number of allylic oxidation sites excluding steroid dienone is 4. The summed E-state index contributed by atoms with van der Waals surface area (Å²) in [4.78, 5) is 41.6. The van der Waals surface area contributed by atoms with Crippen LogP contribution in [0.4, 0.5) is 8.78 Å². The molecule has 1 aromatic heterocycles. The van der Waals surface area contributed by atoms with Crippen molar-refractivity contribution in [3.05, 3.63) is 53.9 Å². The lowest BCUT2D eigenvalue weighted by Crippen LogP contribution is -2.70. The van der Waals surface area contributed by atoms with Gasteiger partial charge in [0, 0.05) is 29.1 Å². The lowest BCUT2D eigenvalue weighted by atomic mass is 9.44. The van der Waals surface area contributed by atoms with Crippen LogP contribution in [-0.2, 0) is 14.3 Å². The second-order valence-electron chi connectivity index (χ2n) is 11.5. The molecule has 4 aliphatic rings. The third-order valence-electron chi connectivity index (χ3n) is 9.89. The van der Waals surface area contributed by atoms with Crippen LogP contribution in [0.2, 0.25) is 0 Å². The molecule has 0 spiro atoms. The molecule has 1 unspecified atom stereocenters. The molecule has 2 N–H and O–H groups in total. The summed E-state index contributed by atoms with van der Waals surface area (Å²) in [5.74, 6) is -4.23. The van der Waals surface area contributed by atoms with Crippen molar-refractivity contribution in [2.75, 3.05) is 6.61 Å². The van der Waals surface area contributed by atoms with Gasteiger partial charge in [0.25, 0.3) is 0 Å². The molecular formula is C28H31F2NO6. The molecule has 0 bridgehead atoms. The minimum atomic E-state index is -2.30. The number of fused-ring (bicyclic) bond motifs is 5. The zero-order valence-corrected chi connectivity index (χ0v) is 21.0. The highest BCUT2D eigenvalue weighted by molar-refractivity contribution is 6.01. The first-order chi connectivity index (χ1) is 17.3. The number of halogens is 2. The Hall–Kier alpha value is -2.78. The first kappa shape index (κ1) is 25.9. The van der Waals surface area contributed by atoms with Crippen molar-refractivity contribution in [1.29, 1.82) is 0 Å². The topological polar surface area (TPSA) is 114 Å². The van der Waals surface area contributed by atoms with E-state index in [9.17, 15) is 24.6 Å². The summed E-state index contributed by atoms with van der Waals surface area (Å²) >= 11 is 0. The summed E-state index contributed by atoms with van der Waals surface area (Å²) in [6, 6.07) is 2.87. The molecule has 0 saturated heterocycles. The molecule has 198 valence electrons.